The highest BCUT2D eigenvalue weighted by atomic mass is 79.9. The molecule has 0 fully saturated rings. The Kier molecular flexibility index (Phi) is 3.34. The van der Waals surface area contributed by atoms with Crippen LogP contribution in [0.5, 0.6) is 0 Å². The minimum Gasteiger partial charge on any atom is -0.478 e. The Hall–Kier alpha value is -1.95. The molecule has 0 saturated heterocycles. The van der Waals surface area contributed by atoms with Gasteiger partial charge >= 0.3 is 5.97 Å². The summed E-state index contributed by atoms with van der Waals surface area (Å²) in [6.07, 6.45) is 5.58. The first kappa shape index (κ1) is 11.5. The van der Waals surface area contributed by atoms with Gasteiger partial charge in [0.2, 0.25) is 0 Å². The third kappa shape index (κ3) is 2.79. The summed E-state index contributed by atoms with van der Waals surface area (Å²) >= 11 is 3.36. The Labute approximate surface area is 106 Å². The molecule has 1 aromatic heterocycles. The second-order valence-electron chi connectivity index (χ2n) is 3.21. The molecule has 1 heterocycles. The molecule has 17 heavy (non-hydrogen) atoms. The zero-order valence-electron chi connectivity index (χ0n) is 8.62. The third-order valence-electron chi connectivity index (χ3n) is 2.06. The number of benzene rings is 1. The summed E-state index contributed by atoms with van der Waals surface area (Å²) in [6, 6.07) is 5.48. The summed E-state index contributed by atoms with van der Waals surface area (Å²) < 4.78 is 2.46. The summed E-state index contributed by atoms with van der Waals surface area (Å²) in [7, 11) is 0. The van der Waals surface area contributed by atoms with Crippen molar-refractivity contribution in [2.75, 3.05) is 0 Å². The van der Waals surface area contributed by atoms with Gasteiger partial charge in [-0.15, -0.1) is 0 Å². The predicted octanol–water partition coefficient (Wildman–Crippen LogP) is 2.13. The highest BCUT2D eigenvalue weighted by Crippen LogP contribution is 2.20. The second kappa shape index (κ2) is 4.92. The first-order valence-electron chi connectivity index (χ1n) is 4.72. The van der Waals surface area contributed by atoms with E-state index in [4.69, 9.17) is 5.11 Å². The SMILES string of the molecule is O=C(O)/C=C/c1ccc(Br)cc1-n1cncn1. The van der Waals surface area contributed by atoms with Crippen LogP contribution in [0.4, 0.5) is 0 Å². The lowest BCUT2D eigenvalue weighted by molar-refractivity contribution is -0.131. The van der Waals surface area contributed by atoms with E-state index in [9.17, 15) is 4.79 Å². The first-order chi connectivity index (χ1) is 8.16. The van der Waals surface area contributed by atoms with E-state index in [0.29, 0.717) is 0 Å². The zero-order chi connectivity index (χ0) is 12.3. The molecule has 0 aliphatic carbocycles. The number of rotatable bonds is 3. The summed E-state index contributed by atoms with van der Waals surface area (Å²) in [5.41, 5.74) is 1.51. The molecule has 0 atom stereocenters. The number of halogens is 1. The Balaban J connectivity index is 2.49. The summed E-state index contributed by atoms with van der Waals surface area (Å²) in [5.74, 6) is -0.988. The fourth-order valence-corrected chi connectivity index (χ4v) is 1.70. The average molecular weight is 294 g/mol. The van der Waals surface area contributed by atoms with Crippen LogP contribution in [0.2, 0.25) is 0 Å². The monoisotopic (exact) mass is 293 g/mol. The van der Waals surface area contributed by atoms with E-state index < -0.39 is 5.97 Å². The van der Waals surface area contributed by atoms with E-state index in [1.54, 1.807) is 17.1 Å². The van der Waals surface area contributed by atoms with Crippen molar-refractivity contribution in [2.24, 2.45) is 0 Å². The van der Waals surface area contributed by atoms with Crippen LogP contribution in [0.25, 0.3) is 11.8 Å². The van der Waals surface area contributed by atoms with E-state index in [0.717, 1.165) is 21.8 Å². The van der Waals surface area contributed by atoms with Crippen LogP contribution in [0, 0.1) is 0 Å². The maximum absolute atomic E-state index is 10.5. The molecule has 0 unspecified atom stereocenters. The Morgan fingerprint density at radius 1 is 1.47 bits per heavy atom. The van der Waals surface area contributed by atoms with Crippen LogP contribution in [0.15, 0.2) is 41.4 Å². The molecule has 2 rings (SSSR count). The van der Waals surface area contributed by atoms with E-state index in [1.165, 1.54) is 12.4 Å². The molecule has 0 amide bonds. The van der Waals surface area contributed by atoms with Crippen LogP contribution in [-0.4, -0.2) is 25.8 Å². The van der Waals surface area contributed by atoms with Gasteiger partial charge in [-0.1, -0.05) is 22.0 Å². The highest BCUT2D eigenvalue weighted by Gasteiger charge is 2.04. The van der Waals surface area contributed by atoms with Gasteiger partial charge in [-0.3, -0.25) is 0 Å². The fraction of sp³-hybridized carbons (Fsp3) is 0. The van der Waals surface area contributed by atoms with Gasteiger partial charge in [0.25, 0.3) is 0 Å². The zero-order valence-corrected chi connectivity index (χ0v) is 10.2. The van der Waals surface area contributed by atoms with Gasteiger partial charge in [-0.25, -0.2) is 14.5 Å². The molecule has 86 valence electrons. The summed E-state index contributed by atoms with van der Waals surface area (Å²) in [5, 5.41) is 12.6. The Bertz CT molecular complexity index is 564. The van der Waals surface area contributed by atoms with Crippen molar-refractivity contribution >= 4 is 28.0 Å². The van der Waals surface area contributed by atoms with Gasteiger partial charge in [0.05, 0.1) is 5.69 Å². The van der Waals surface area contributed by atoms with Crippen molar-refractivity contribution in [3.05, 3.63) is 47.0 Å². The third-order valence-corrected chi connectivity index (χ3v) is 2.56. The molecule has 5 nitrogen and oxygen atoms in total. The molecular weight excluding hydrogens is 286 g/mol. The number of carboxylic acid groups (broad SMARTS) is 1. The van der Waals surface area contributed by atoms with Gasteiger partial charge in [0.15, 0.2) is 0 Å². The van der Waals surface area contributed by atoms with Crippen LogP contribution < -0.4 is 0 Å². The van der Waals surface area contributed by atoms with Crippen LogP contribution >= 0.6 is 15.9 Å². The minimum atomic E-state index is -0.988. The smallest absolute Gasteiger partial charge is 0.328 e. The lowest BCUT2D eigenvalue weighted by Crippen LogP contribution is -1.97. The molecule has 0 bridgehead atoms. The van der Waals surface area contributed by atoms with Crippen LogP contribution in [0.1, 0.15) is 5.56 Å². The number of hydrogen-bond donors (Lipinski definition) is 1. The van der Waals surface area contributed by atoms with Crippen molar-refractivity contribution in [3.8, 4) is 5.69 Å². The van der Waals surface area contributed by atoms with Crippen molar-refractivity contribution in [3.63, 3.8) is 0 Å². The molecule has 0 saturated carbocycles. The van der Waals surface area contributed by atoms with Gasteiger partial charge in [-0.2, -0.15) is 5.10 Å². The number of aliphatic carboxylic acids is 1. The molecule has 0 radical (unpaired) electrons. The maximum Gasteiger partial charge on any atom is 0.328 e. The van der Waals surface area contributed by atoms with E-state index in [1.807, 2.05) is 12.1 Å². The molecule has 0 aliphatic heterocycles. The van der Waals surface area contributed by atoms with Gasteiger partial charge < -0.3 is 5.11 Å². The largest absolute Gasteiger partial charge is 0.478 e. The second-order valence-corrected chi connectivity index (χ2v) is 4.13. The average Bonchev–Trinajstić information content (AvgIpc) is 2.80. The number of nitrogens with zero attached hydrogens (tertiary/aromatic N) is 3. The van der Waals surface area contributed by atoms with Gasteiger partial charge in [0.1, 0.15) is 12.7 Å². The quantitative estimate of drug-likeness (QED) is 0.880. The molecule has 0 spiro atoms. The van der Waals surface area contributed by atoms with Crippen molar-refractivity contribution in [1.82, 2.24) is 14.8 Å². The normalized spacial score (nSPS) is 10.9. The molecule has 2 aromatic rings. The topological polar surface area (TPSA) is 68.0 Å². The molecule has 1 aromatic carbocycles. The van der Waals surface area contributed by atoms with Crippen molar-refractivity contribution < 1.29 is 9.90 Å². The summed E-state index contributed by atoms with van der Waals surface area (Å²) in [4.78, 5) is 14.4. The predicted molar refractivity (Wildman–Crippen MR) is 65.7 cm³/mol. The molecular formula is C11H8BrN3O2. The van der Waals surface area contributed by atoms with E-state index >= 15 is 0 Å². The van der Waals surface area contributed by atoms with Crippen molar-refractivity contribution in [1.29, 1.82) is 0 Å². The lowest BCUT2D eigenvalue weighted by Gasteiger charge is -2.05. The first-order valence-corrected chi connectivity index (χ1v) is 5.51. The van der Waals surface area contributed by atoms with Gasteiger partial charge in [-0.05, 0) is 18.2 Å². The van der Waals surface area contributed by atoms with E-state index in [2.05, 4.69) is 26.0 Å². The van der Waals surface area contributed by atoms with Gasteiger partial charge in [0, 0.05) is 16.1 Å². The van der Waals surface area contributed by atoms with Crippen LogP contribution in [-0.2, 0) is 4.79 Å². The molecule has 1 N–H and O–H groups in total. The highest BCUT2D eigenvalue weighted by molar-refractivity contribution is 9.10. The standard InChI is InChI=1S/C11H8BrN3O2/c12-9-3-1-8(2-4-11(16)17)10(5-9)15-7-13-6-14-15/h1-7H,(H,16,17)/b4-2+. The lowest BCUT2D eigenvalue weighted by atomic mass is 10.1. The summed E-state index contributed by atoms with van der Waals surface area (Å²) in [6.45, 7) is 0. The number of hydrogen-bond acceptors (Lipinski definition) is 3. The number of carbonyl (C=O) groups is 1. The minimum absolute atomic E-state index is 0.751. The number of aromatic nitrogens is 3. The van der Waals surface area contributed by atoms with E-state index in [-0.39, 0.29) is 0 Å². The van der Waals surface area contributed by atoms with Crippen LogP contribution in [0.3, 0.4) is 0 Å². The maximum atomic E-state index is 10.5. The molecule has 0 aliphatic rings. The molecule has 6 heteroatoms. The Morgan fingerprint density at radius 3 is 2.94 bits per heavy atom. The fourth-order valence-electron chi connectivity index (χ4n) is 1.35. The van der Waals surface area contributed by atoms with Crippen molar-refractivity contribution in [2.45, 2.75) is 0 Å². The Morgan fingerprint density at radius 2 is 2.29 bits per heavy atom. The number of carboxylic acids is 1.